The van der Waals surface area contributed by atoms with E-state index in [0.29, 0.717) is 22.1 Å². The molecule has 1 heterocycles. The smallest absolute Gasteiger partial charge is 0.307 e. The number of carbonyl (C=O) groups excluding carboxylic acids is 2. The molecule has 4 aromatic carbocycles. The first kappa shape index (κ1) is 25.3. The van der Waals surface area contributed by atoms with Crippen LogP contribution in [-0.2, 0) is 17.8 Å². The van der Waals surface area contributed by atoms with Gasteiger partial charge in [0.25, 0.3) is 11.8 Å². The van der Waals surface area contributed by atoms with E-state index in [0.717, 1.165) is 10.5 Å². The van der Waals surface area contributed by atoms with Crippen molar-refractivity contribution in [2.75, 3.05) is 4.90 Å². The number of anilines is 1. The standard InChI is InChI=1S/C30H24ClNO6/c1-17(2)38-28-21-11-7-6-10-20(21)27(37-16-18-8-4-3-5-9-18)25-26(28)30(36)32(29(25)35)23-13-12-19(14-22(23)31)15-24(33)34/h3-14,17H,15-16H2,1-2H3,(H,33,34). The topological polar surface area (TPSA) is 93.1 Å². The fourth-order valence-electron chi connectivity index (χ4n) is 4.57. The summed E-state index contributed by atoms with van der Waals surface area (Å²) >= 11 is 6.47. The van der Waals surface area contributed by atoms with Crippen LogP contribution in [0, 0.1) is 0 Å². The molecular weight excluding hydrogens is 506 g/mol. The molecule has 0 radical (unpaired) electrons. The fourth-order valence-corrected chi connectivity index (χ4v) is 4.86. The summed E-state index contributed by atoms with van der Waals surface area (Å²) < 4.78 is 12.4. The fraction of sp³-hybridized carbons (Fsp3) is 0.167. The summed E-state index contributed by atoms with van der Waals surface area (Å²) in [4.78, 5) is 40.0. The van der Waals surface area contributed by atoms with Crippen LogP contribution in [0.5, 0.6) is 11.5 Å². The highest BCUT2D eigenvalue weighted by Crippen LogP contribution is 2.47. The minimum atomic E-state index is -1.02. The number of hydrogen-bond donors (Lipinski definition) is 1. The summed E-state index contributed by atoms with van der Waals surface area (Å²) in [6, 6.07) is 21.3. The molecule has 192 valence electrons. The Morgan fingerprint density at radius 2 is 1.47 bits per heavy atom. The number of rotatable bonds is 8. The van der Waals surface area contributed by atoms with Gasteiger partial charge in [0.05, 0.1) is 34.4 Å². The highest BCUT2D eigenvalue weighted by molar-refractivity contribution is 6.41. The summed E-state index contributed by atoms with van der Waals surface area (Å²) in [6.45, 7) is 3.88. The summed E-state index contributed by atoms with van der Waals surface area (Å²) in [7, 11) is 0. The van der Waals surface area contributed by atoms with Crippen LogP contribution in [0.1, 0.15) is 45.7 Å². The maximum absolute atomic E-state index is 14.0. The number of hydrogen-bond acceptors (Lipinski definition) is 5. The van der Waals surface area contributed by atoms with Gasteiger partial charge in [-0.1, -0.05) is 72.3 Å². The summed E-state index contributed by atoms with van der Waals surface area (Å²) in [5, 5.41) is 10.5. The minimum Gasteiger partial charge on any atom is -0.489 e. The first-order chi connectivity index (χ1) is 18.3. The van der Waals surface area contributed by atoms with Crippen molar-refractivity contribution in [2.24, 2.45) is 0 Å². The van der Waals surface area contributed by atoms with Crippen molar-refractivity contribution in [3.05, 3.63) is 100 Å². The normalized spacial score (nSPS) is 12.8. The molecule has 0 saturated heterocycles. The van der Waals surface area contributed by atoms with Crippen molar-refractivity contribution in [3.63, 3.8) is 0 Å². The van der Waals surface area contributed by atoms with Crippen molar-refractivity contribution in [1.82, 2.24) is 0 Å². The lowest BCUT2D eigenvalue weighted by Crippen LogP contribution is -2.30. The Morgan fingerprint density at radius 3 is 2.08 bits per heavy atom. The third kappa shape index (κ3) is 4.57. The Labute approximate surface area is 224 Å². The molecule has 0 aromatic heterocycles. The molecule has 0 atom stereocenters. The molecule has 4 aromatic rings. The van der Waals surface area contributed by atoms with Crippen LogP contribution in [0.2, 0.25) is 5.02 Å². The van der Waals surface area contributed by atoms with E-state index in [1.54, 1.807) is 0 Å². The second kappa shape index (κ2) is 10.2. The van der Waals surface area contributed by atoms with Gasteiger partial charge in [0.2, 0.25) is 0 Å². The second-order valence-corrected chi connectivity index (χ2v) is 9.60. The van der Waals surface area contributed by atoms with Gasteiger partial charge in [0.15, 0.2) is 0 Å². The molecule has 8 heteroatoms. The van der Waals surface area contributed by atoms with Gasteiger partial charge in [0.1, 0.15) is 18.1 Å². The molecular formula is C30H24ClNO6. The number of aliphatic carboxylic acids is 1. The molecule has 0 unspecified atom stereocenters. The molecule has 1 aliphatic rings. The Bertz CT molecular complexity index is 1580. The number of carboxylic acids is 1. The lowest BCUT2D eigenvalue weighted by molar-refractivity contribution is -0.136. The summed E-state index contributed by atoms with van der Waals surface area (Å²) in [6.07, 6.45) is -0.508. The number of benzene rings is 4. The summed E-state index contributed by atoms with van der Waals surface area (Å²) in [5.74, 6) is -1.62. The van der Waals surface area contributed by atoms with E-state index in [9.17, 15) is 14.4 Å². The third-order valence-corrected chi connectivity index (χ3v) is 6.44. The first-order valence-corrected chi connectivity index (χ1v) is 12.4. The SMILES string of the molecule is CC(C)Oc1c2c(c(OCc3ccccc3)c3ccccc13)C(=O)N(c1ccc(CC(=O)O)cc1Cl)C2=O. The Morgan fingerprint density at radius 1 is 0.868 bits per heavy atom. The number of ether oxygens (including phenoxy) is 2. The van der Waals surface area contributed by atoms with Crippen LogP contribution >= 0.6 is 11.6 Å². The number of fused-ring (bicyclic) bond motifs is 2. The van der Waals surface area contributed by atoms with Crippen LogP contribution in [0.4, 0.5) is 5.69 Å². The van der Waals surface area contributed by atoms with Gasteiger partial charge in [-0.05, 0) is 37.1 Å². The van der Waals surface area contributed by atoms with Crippen molar-refractivity contribution in [1.29, 1.82) is 0 Å². The van der Waals surface area contributed by atoms with Crippen LogP contribution in [0.3, 0.4) is 0 Å². The van der Waals surface area contributed by atoms with E-state index < -0.39 is 17.8 Å². The quantitative estimate of drug-likeness (QED) is 0.270. The van der Waals surface area contributed by atoms with E-state index in [1.165, 1.54) is 18.2 Å². The number of imide groups is 1. The van der Waals surface area contributed by atoms with Gasteiger partial charge >= 0.3 is 5.97 Å². The monoisotopic (exact) mass is 529 g/mol. The molecule has 0 fully saturated rings. The van der Waals surface area contributed by atoms with Crippen molar-refractivity contribution in [2.45, 2.75) is 33.0 Å². The number of carboxylic acid groups (broad SMARTS) is 1. The zero-order chi connectivity index (χ0) is 27.0. The maximum Gasteiger partial charge on any atom is 0.307 e. The lowest BCUT2D eigenvalue weighted by Gasteiger charge is -2.19. The largest absolute Gasteiger partial charge is 0.489 e. The van der Waals surface area contributed by atoms with E-state index in [2.05, 4.69) is 0 Å². The molecule has 0 bridgehead atoms. The molecule has 2 amide bonds. The van der Waals surface area contributed by atoms with Crippen LogP contribution in [0.15, 0.2) is 72.8 Å². The maximum atomic E-state index is 14.0. The van der Waals surface area contributed by atoms with Gasteiger partial charge in [0, 0.05) is 10.8 Å². The number of halogens is 1. The van der Waals surface area contributed by atoms with Gasteiger partial charge in [-0.15, -0.1) is 0 Å². The van der Waals surface area contributed by atoms with E-state index in [-0.39, 0.29) is 46.7 Å². The highest BCUT2D eigenvalue weighted by Gasteiger charge is 2.44. The van der Waals surface area contributed by atoms with Crippen LogP contribution in [0.25, 0.3) is 10.8 Å². The first-order valence-electron chi connectivity index (χ1n) is 12.1. The molecule has 0 saturated carbocycles. The zero-order valence-corrected chi connectivity index (χ0v) is 21.5. The number of amides is 2. The molecule has 5 rings (SSSR count). The summed E-state index contributed by atoms with van der Waals surface area (Å²) in [5.41, 5.74) is 1.71. The number of nitrogens with zero attached hydrogens (tertiary/aromatic N) is 1. The Balaban J connectivity index is 1.69. The van der Waals surface area contributed by atoms with Crippen molar-refractivity contribution >= 4 is 45.8 Å². The van der Waals surface area contributed by atoms with Gasteiger partial charge in [-0.25, -0.2) is 4.90 Å². The van der Waals surface area contributed by atoms with Crippen LogP contribution in [-0.4, -0.2) is 29.0 Å². The van der Waals surface area contributed by atoms with Crippen molar-refractivity contribution in [3.8, 4) is 11.5 Å². The van der Waals surface area contributed by atoms with Gasteiger partial charge in [-0.2, -0.15) is 0 Å². The minimum absolute atomic E-state index is 0.0842. The molecule has 1 N–H and O–H groups in total. The molecule has 1 aliphatic heterocycles. The number of carbonyl (C=O) groups is 3. The third-order valence-electron chi connectivity index (χ3n) is 6.14. The molecule has 7 nitrogen and oxygen atoms in total. The Kier molecular flexibility index (Phi) is 6.78. The van der Waals surface area contributed by atoms with Crippen LogP contribution < -0.4 is 14.4 Å². The van der Waals surface area contributed by atoms with E-state index in [1.807, 2.05) is 68.4 Å². The van der Waals surface area contributed by atoms with Gasteiger partial charge < -0.3 is 14.6 Å². The molecule has 0 aliphatic carbocycles. The average Bonchev–Trinajstić information content (AvgIpc) is 3.14. The molecule has 38 heavy (non-hydrogen) atoms. The predicted molar refractivity (Wildman–Crippen MR) is 144 cm³/mol. The second-order valence-electron chi connectivity index (χ2n) is 9.20. The van der Waals surface area contributed by atoms with E-state index >= 15 is 0 Å². The zero-order valence-electron chi connectivity index (χ0n) is 20.7. The van der Waals surface area contributed by atoms with Gasteiger partial charge in [-0.3, -0.25) is 14.4 Å². The molecule has 0 spiro atoms. The highest BCUT2D eigenvalue weighted by atomic mass is 35.5. The van der Waals surface area contributed by atoms with E-state index in [4.69, 9.17) is 26.2 Å². The predicted octanol–water partition coefficient (Wildman–Crippen LogP) is 6.29. The average molecular weight is 530 g/mol. The lowest BCUT2D eigenvalue weighted by atomic mass is 9.98. The Hall–Kier alpha value is -4.36. The van der Waals surface area contributed by atoms with Crippen molar-refractivity contribution < 1.29 is 29.0 Å².